The lowest BCUT2D eigenvalue weighted by molar-refractivity contribution is -0.149. The highest BCUT2D eigenvalue weighted by molar-refractivity contribution is 5.90. The fourth-order valence-corrected chi connectivity index (χ4v) is 0.701. The first-order chi connectivity index (χ1) is 6.70. The van der Waals surface area contributed by atoms with Crippen molar-refractivity contribution < 1.29 is 29.0 Å². The largest absolute Gasteiger partial charge is 0.494 e. The summed E-state index contributed by atoms with van der Waals surface area (Å²) in [5.41, 5.74) is 1.89. The first-order valence-corrected chi connectivity index (χ1v) is 3.78. The summed E-state index contributed by atoms with van der Waals surface area (Å²) in [7, 11) is 0. The van der Waals surface area contributed by atoms with Gasteiger partial charge in [0.15, 0.2) is 6.61 Å². The Balaban J connectivity index is 2.27. The van der Waals surface area contributed by atoms with Gasteiger partial charge in [0.2, 0.25) is 5.76 Å². The summed E-state index contributed by atoms with van der Waals surface area (Å²) in [4.78, 5) is 25.4. The van der Waals surface area contributed by atoms with Gasteiger partial charge in [0, 0.05) is 0 Å². The van der Waals surface area contributed by atoms with Crippen LogP contribution in [0.4, 0.5) is 0 Å². The average Bonchev–Trinajstić information content (AvgIpc) is 2.18. The number of hydrogen-bond donors (Lipinski definition) is 2. The third-order valence-electron chi connectivity index (χ3n) is 1.23. The first-order valence-electron chi connectivity index (χ1n) is 3.78. The molecular weight excluding hydrogens is 194 g/mol. The van der Waals surface area contributed by atoms with Gasteiger partial charge in [-0.05, 0) is 0 Å². The molecule has 0 saturated heterocycles. The molecule has 0 saturated carbocycles. The maximum Gasteiger partial charge on any atom is 0.332 e. The first kappa shape index (κ1) is 10.3. The van der Waals surface area contributed by atoms with E-state index in [4.69, 9.17) is 14.6 Å². The van der Waals surface area contributed by atoms with Crippen LogP contribution in [0.15, 0.2) is 12.0 Å². The number of carboxylic acids is 1. The molecule has 0 aromatic heterocycles. The summed E-state index contributed by atoms with van der Waals surface area (Å²) in [6.07, 6.45) is 1.14. The van der Waals surface area contributed by atoms with Gasteiger partial charge < -0.3 is 14.6 Å². The van der Waals surface area contributed by atoms with Crippen LogP contribution >= 0.6 is 0 Å². The van der Waals surface area contributed by atoms with Crippen LogP contribution in [0.2, 0.25) is 0 Å². The number of ether oxygens (including phenoxy) is 2. The maximum atomic E-state index is 11.1. The van der Waals surface area contributed by atoms with Crippen molar-refractivity contribution in [1.82, 2.24) is 5.48 Å². The Hall–Kier alpha value is -1.76. The number of aliphatic carboxylic acids is 1. The normalized spacial score (nSPS) is 14.7. The second-order valence-corrected chi connectivity index (χ2v) is 2.31. The van der Waals surface area contributed by atoms with E-state index in [1.165, 1.54) is 0 Å². The van der Waals surface area contributed by atoms with E-state index in [0.29, 0.717) is 6.61 Å². The Labute approximate surface area is 79.2 Å². The van der Waals surface area contributed by atoms with Gasteiger partial charge in [-0.15, -0.1) is 0 Å². The molecule has 1 aliphatic rings. The van der Waals surface area contributed by atoms with Crippen LogP contribution in [-0.2, 0) is 23.9 Å². The Morgan fingerprint density at radius 3 is 2.93 bits per heavy atom. The molecule has 1 rings (SSSR count). The van der Waals surface area contributed by atoms with Crippen molar-refractivity contribution in [1.29, 1.82) is 0 Å². The number of amides is 1. The minimum Gasteiger partial charge on any atom is -0.494 e. The molecule has 0 aliphatic carbocycles. The highest BCUT2D eigenvalue weighted by Crippen LogP contribution is 2.03. The van der Waals surface area contributed by atoms with Gasteiger partial charge in [-0.25, -0.2) is 10.3 Å². The zero-order valence-corrected chi connectivity index (χ0v) is 7.19. The van der Waals surface area contributed by atoms with Crippen molar-refractivity contribution >= 4 is 11.9 Å². The van der Waals surface area contributed by atoms with E-state index >= 15 is 0 Å². The van der Waals surface area contributed by atoms with Crippen molar-refractivity contribution in [2.24, 2.45) is 0 Å². The number of carboxylic acid groups (broad SMARTS) is 1. The second-order valence-electron chi connectivity index (χ2n) is 2.31. The molecule has 14 heavy (non-hydrogen) atoms. The van der Waals surface area contributed by atoms with E-state index in [-0.39, 0.29) is 12.4 Å². The van der Waals surface area contributed by atoms with Gasteiger partial charge >= 0.3 is 11.9 Å². The molecule has 0 spiro atoms. The zero-order chi connectivity index (χ0) is 10.4. The van der Waals surface area contributed by atoms with Crippen molar-refractivity contribution in [3.8, 4) is 0 Å². The Morgan fingerprint density at radius 2 is 2.36 bits per heavy atom. The standard InChI is InChI=1S/C7H9NO6/c9-6(10)4-14-8-7(11)5-3-12-1-2-13-5/h3H,1-2,4H2,(H,8,11)(H,9,10). The molecular formula is C7H9NO6. The third kappa shape index (κ3) is 3.31. The van der Waals surface area contributed by atoms with E-state index in [0.717, 1.165) is 6.26 Å². The predicted molar refractivity (Wildman–Crippen MR) is 41.7 cm³/mol. The van der Waals surface area contributed by atoms with Crippen LogP contribution in [0.3, 0.4) is 0 Å². The van der Waals surface area contributed by atoms with E-state index < -0.39 is 18.5 Å². The lowest BCUT2D eigenvalue weighted by Crippen LogP contribution is -2.30. The summed E-state index contributed by atoms with van der Waals surface area (Å²) in [5.74, 6) is -1.90. The predicted octanol–water partition coefficient (Wildman–Crippen LogP) is -0.993. The summed E-state index contributed by atoms with van der Waals surface area (Å²) >= 11 is 0. The molecule has 0 unspecified atom stereocenters. The van der Waals surface area contributed by atoms with Crippen molar-refractivity contribution in [2.45, 2.75) is 0 Å². The highest BCUT2D eigenvalue weighted by atomic mass is 16.7. The van der Waals surface area contributed by atoms with Crippen molar-refractivity contribution in [3.05, 3.63) is 12.0 Å². The number of hydroxylamine groups is 1. The smallest absolute Gasteiger partial charge is 0.332 e. The van der Waals surface area contributed by atoms with Gasteiger partial charge in [0.25, 0.3) is 0 Å². The SMILES string of the molecule is O=C(O)CONC(=O)C1=COCCO1. The Bertz CT molecular complexity index is 261. The number of nitrogens with one attached hydrogen (secondary N) is 1. The molecule has 78 valence electrons. The lowest BCUT2D eigenvalue weighted by Gasteiger charge is -2.14. The number of hydrogen-bond acceptors (Lipinski definition) is 5. The summed E-state index contributed by atoms with van der Waals surface area (Å²) in [5, 5.41) is 8.19. The monoisotopic (exact) mass is 203 g/mol. The summed E-state index contributed by atoms with van der Waals surface area (Å²) in [6, 6.07) is 0. The van der Waals surface area contributed by atoms with Gasteiger partial charge in [0.1, 0.15) is 19.5 Å². The van der Waals surface area contributed by atoms with Crippen LogP contribution in [0.1, 0.15) is 0 Å². The number of carbonyl (C=O) groups excluding carboxylic acids is 1. The highest BCUT2D eigenvalue weighted by Gasteiger charge is 2.15. The zero-order valence-electron chi connectivity index (χ0n) is 7.19. The van der Waals surface area contributed by atoms with Crippen LogP contribution in [0, 0.1) is 0 Å². The quantitative estimate of drug-likeness (QED) is 0.569. The van der Waals surface area contributed by atoms with Gasteiger partial charge in [0.05, 0.1) is 0 Å². The van der Waals surface area contributed by atoms with Gasteiger partial charge in [-0.3, -0.25) is 9.63 Å². The van der Waals surface area contributed by atoms with E-state index in [9.17, 15) is 9.59 Å². The molecule has 0 atom stereocenters. The topological polar surface area (TPSA) is 94.1 Å². The molecule has 0 bridgehead atoms. The Kier molecular flexibility index (Phi) is 3.74. The molecule has 7 heteroatoms. The fourth-order valence-electron chi connectivity index (χ4n) is 0.701. The molecule has 7 nitrogen and oxygen atoms in total. The molecule has 0 fully saturated rings. The van der Waals surface area contributed by atoms with Gasteiger partial charge in [-0.1, -0.05) is 0 Å². The van der Waals surface area contributed by atoms with E-state index in [1.54, 1.807) is 0 Å². The third-order valence-corrected chi connectivity index (χ3v) is 1.23. The number of rotatable bonds is 4. The molecule has 0 aromatic rings. The molecule has 0 radical (unpaired) electrons. The van der Waals surface area contributed by atoms with Crippen LogP contribution < -0.4 is 5.48 Å². The maximum absolute atomic E-state index is 11.1. The van der Waals surface area contributed by atoms with Crippen molar-refractivity contribution in [2.75, 3.05) is 19.8 Å². The minimum absolute atomic E-state index is 0.0401. The van der Waals surface area contributed by atoms with Gasteiger partial charge in [-0.2, -0.15) is 0 Å². The van der Waals surface area contributed by atoms with Crippen LogP contribution in [0.25, 0.3) is 0 Å². The fraction of sp³-hybridized carbons (Fsp3) is 0.429. The molecule has 1 amide bonds. The van der Waals surface area contributed by atoms with Crippen molar-refractivity contribution in [3.63, 3.8) is 0 Å². The average molecular weight is 203 g/mol. The molecule has 0 aromatic carbocycles. The number of carbonyl (C=O) groups is 2. The minimum atomic E-state index is -1.18. The van der Waals surface area contributed by atoms with Crippen LogP contribution in [-0.4, -0.2) is 36.8 Å². The molecule has 2 N–H and O–H groups in total. The summed E-state index contributed by atoms with van der Waals surface area (Å²) < 4.78 is 9.70. The van der Waals surface area contributed by atoms with E-state index in [2.05, 4.69) is 4.84 Å². The molecule has 1 aliphatic heterocycles. The van der Waals surface area contributed by atoms with Crippen LogP contribution in [0.5, 0.6) is 0 Å². The second kappa shape index (κ2) is 5.07. The molecule has 1 heterocycles. The lowest BCUT2D eigenvalue weighted by atomic mass is 10.5. The van der Waals surface area contributed by atoms with E-state index in [1.807, 2.05) is 5.48 Å². The summed E-state index contributed by atoms with van der Waals surface area (Å²) in [6.45, 7) is 0.0465. The Morgan fingerprint density at radius 1 is 1.57 bits per heavy atom.